The number of Topliss-reactive ketones (excluding diaryl/α,β-unsaturated/α-hetero) is 1. The highest BCUT2D eigenvalue weighted by molar-refractivity contribution is 7.20. The maximum absolute atomic E-state index is 14.2. The highest BCUT2D eigenvalue weighted by Crippen LogP contribution is 2.41. The van der Waals surface area contributed by atoms with Gasteiger partial charge in [-0.05, 0) is 69.3 Å². The van der Waals surface area contributed by atoms with Crippen LogP contribution < -0.4 is 31.2 Å². The third kappa shape index (κ3) is 15.0. The minimum absolute atomic E-state index is 0.0866. The van der Waals surface area contributed by atoms with E-state index < -0.39 is 195 Å². The molecule has 0 aliphatic carbocycles. The third-order valence-corrected chi connectivity index (χ3v) is 11.1. The van der Waals surface area contributed by atoms with Gasteiger partial charge in [0.15, 0.2) is 12.4 Å². The van der Waals surface area contributed by atoms with Gasteiger partial charge in [-0.25, -0.2) is 0 Å². The number of aromatic nitrogens is 1. The molecule has 0 saturated heterocycles. The molecular formula is C49H32BF24NO2. The number of benzene rings is 5. The van der Waals surface area contributed by atoms with Crippen molar-refractivity contribution in [3.8, 4) is 5.75 Å². The summed E-state index contributed by atoms with van der Waals surface area (Å²) in [5.41, 5.74) is -29.7. The number of nitrogens with zero attached hydrogens (tertiary/aromatic N) is 1. The second-order valence-electron chi connectivity index (χ2n) is 17.9. The van der Waals surface area contributed by atoms with E-state index in [-0.39, 0.29) is 11.4 Å². The van der Waals surface area contributed by atoms with Crippen LogP contribution in [0.15, 0.2) is 128 Å². The van der Waals surface area contributed by atoms with Crippen LogP contribution in [0.25, 0.3) is 0 Å². The van der Waals surface area contributed by atoms with Crippen LogP contribution in [0, 0.1) is 0 Å². The number of alkyl halides is 24. The molecule has 0 radical (unpaired) electrons. The number of ether oxygens (including phenoxy) is 1. The molecule has 3 nitrogen and oxygen atoms in total. The van der Waals surface area contributed by atoms with E-state index in [4.69, 9.17) is 4.74 Å². The van der Waals surface area contributed by atoms with Gasteiger partial charge in [0, 0.05) is 17.7 Å². The fourth-order valence-electron chi connectivity index (χ4n) is 7.93. The number of hydrogen-bond acceptors (Lipinski definition) is 2. The Morgan fingerprint density at radius 2 is 0.610 bits per heavy atom. The van der Waals surface area contributed by atoms with Crippen LogP contribution in [-0.4, -0.2) is 17.5 Å². The molecule has 416 valence electrons. The van der Waals surface area contributed by atoms with E-state index in [0.717, 1.165) is 5.75 Å². The topological polar surface area (TPSA) is 30.2 Å². The number of carbonyl (C=O) groups is 1. The fourth-order valence-corrected chi connectivity index (χ4v) is 7.93. The summed E-state index contributed by atoms with van der Waals surface area (Å²) in [4.78, 5) is 12.1. The van der Waals surface area contributed by atoms with Crippen molar-refractivity contribution < 1.29 is 119 Å². The maximum atomic E-state index is 14.2. The molecule has 0 unspecified atom stereocenters. The number of ketones is 1. The summed E-state index contributed by atoms with van der Waals surface area (Å²) in [5, 5.41) is 0. The lowest BCUT2D eigenvalue weighted by Gasteiger charge is -2.46. The Morgan fingerprint density at radius 3 is 0.818 bits per heavy atom. The molecule has 5 aromatic carbocycles. The van der Waals surface area contributed by atoms with Crippen molar-refractivity contribution in [3.63, 3.8) is 0 Å². The summed E-state index contributed by atoms with van der Waals surface area (Å²) in [6.45, 7) is 6.34. The first-order valence-corrected chi connectivity index (χ1v) is 21.3. The second kappa shape index (κ2) is 20.8. The fraction of sp³-hybridized carbons (Fsp3) is 0.265. The van der Waals surface area contributed by atoms with Crippen molar-refractivity contribution >= 4 is 33.8 Å². The molecule has 6 aromatic rings. The van der Waals surface area contributed by atoms with Crippen LogP contribution in [0.4, 0.5) is 105 Å². The first kappa shape index (κ1) is 61.0. The summed E-state index contributed by atoms with van der Waals surface area (Å²) < 4.78 is 348. The van der Waals surface area contributed by atoms with E-state index in [1.54, 1.807) is 0 Å². The van der Waals surface area contributed by atoms with Gasteiger partial charge in [0.1, 0.15) is 17.5 Å². The first-order valence-electron chi connectivity index (χ1n) is 21.3. The smallest absolute Gasteiger partial charge is 0.416 e. The summed E-state index contributed by atoms with van der Waals surface area (Å²) in [7, 11) is 0. The zero-order chi connectivity index (χ0) is 58.5. The zero-order valence-corrected chi connectivity index (χ0v) is 38.7. The lowest BCUT2D eigenvalue weighted by atomic mass is 9.12. The molecule has 0 atom stereocenters. The summed E-state index contributed by atoms with van der Waals surface area (Å²) >= 11 is 0. The van der Waals surface area contributed by atoms with Gasteiger partial charge in [0.2, 0.25) is 12.3 Å². The Bertz CT molecular complexity index is 2630. The number of pyridine rings is 1. The summed E-state index contributed by atoms with van der Waals surface area (Å²) in [6.07, 6.45) is -51.0. The van der Waals surface area contributed by atoms with Crippen molar-refractivity contribution in [3.05, 3.63) is 178 Å². The van der Waals surface area contributed by atoms with E-state index in [2.05, 4.69) is 0 Å². The van der Waals surface area contributed by atoms with E-state index in [0.29, 0.717) is 12.1 Å². The molecule has 1 aromatic heterocycles. The highest BCUT2D eigenvalue weighted by atomic mass is 19.4. The Hall–Kier alpha value is -6.90. The number of halogens is 24. The van der Waals surface area contributed by atoms with E-state index in [1.165, 1.54) is 0 Å². The first-order chi connectivity index (χ1) is 34.7. The average molecular weight is 1130 g/mol. The quantitative estimate of drug-likeness (QED) is 0.0658. The molecule has 0 aliphatic heterocycles. The predicted octanol–water partition coefficient (Wildman–Crippen LogP) is 14.2. The maximum Gasteiger partial charge on any atom is 0.416 e. The van der Waals surface area contributed by atoms with Crippen molar-refractivity contribution in [2.45, 2.75) is 82.3 Å². The van der Waals surface area contributed by atoms with E-state index >= 15 is 0 Å². The molecule has 0 N–H and O–H groups in total. The minimum Gasteiger partial charge on any atom is -0.488 e. The lowest BCUT2D eigenvalue weighted by molar-refractivity contribution is -0.683. The van der Waals surface area contributed by atoms with Crippen LogP contribution in [0.1, 0.15) is 75.6 Å². The van der Waals surface area contributed by atoms with Gasteiger partial charge in [-0.15, -0.1) is 0 Å². The Labute approximate surface area is 418 Å². The van der Waals surface area contributed by atoms with Crippen LogP contribution in [0.5, 0.6) is 5.75 Å². The lowest BCUT2D eigenvalue weighted by Crippen LogP contribution is -2.75. The molecule has 28 heteroatoms. The number of rotatable bonds is 8. The van der Waals surface area contributed by atoms with Gasteiger partial charge in [-0.1, -0.05) is 54.6 Å². The van der Waals surface area contributed by atoms with Crippen molar-refractivity contribution in [2.24, 2.45) is 0 Å². The van der Waals surface area contributed by atoms with E-state index in [1.807, 2.05) is 80.2 Å². The molecule has 0 aliphatic rings. The third-order valence-electron chi connectivity index (χ3n) is 11.1. The van der Waals surface area contributed by atoms with Crippen molar-refractivity contribution in [1.82, 2.24) is 0 Å². The monoisotopic (exact) mass is 1130 g/mol. The molecule has 1 heterocycles. The molecular weight excluding hydrogens is 1100 g/mol. The standard InChI is InChI=1S/C32H12BF24.C17H20NO2/c34-25(35,36)13-1-14(26(37,38)39)6-21(5-13)33(22-7-15(27(40,41)42)2-16(8-22)28(43,44)45,23-9-17(29(46,47)48)3-18(10-23)30(49,50)51)24-11-19(31(52,53)54)4-20(12-24)32(55,56)57;1-17(2,3)20-15-9-7-14(8-10-15)16(19)13-18-11-5-4-6-12-18/h1-12H;4-12H,13H2,1-3H3/q-1;+1. The van der Waals surface area contributed by atoms with E-state index in [9.17, 15) is 110 Å². The zero-order valence-electron chi connectivity index (χ0n) is 38.7. The minimum atomic E-state index is -6.13. The van der Waals surface area contributed by atoms with Gasteiger partial charge in [-0.3, -0.25) is 4.79 Å². The predicted molar refractivity (Wildman–Crippen MR) is 228 cm³/mol. The molecule has 0 amide bonds. The Balaban J connectivity index is 0.000000455. The number of carbonyl (C=O) groups excluding carboxylic acids is 1. The normalized spacial score (nSPS) is 13.5. The molecule has 77 heavy (non-hydrogen) atoms. The molecule has 0 bridgehead atoms. The summed E-state index contributed by atoms with van der Waals surface area (Å²) in [5.74, 6) is 0.866. The molecule has 6 rings (SSSR count). The summed E-state index contributed by atoms with van der Waals surface area (Å²) in [6, 6.07) is 4.25. The average Bonchev–Trinajstić information content (AvgIpc) is 3.27. The molecule has 0 spiro atoms. The molecule has 0 saturated carbocycles. The molecule has 0 fully saturated rings. The van der Waals surface area contributed by atoms with Crippen LogP contribution in [0.3, 0.4) is 0 Å². The van der Waals surface area contributed by atoms with Gasteiger partial charge in [0.25, 0.3) is 0 Å². The SMILES string of the molecule is CC(C)(C)Oc1ccc(C(=O)C[n+]2ccccc2)cc1.FC(F)(F)c1cc([B-](c2cc(C(F)(F)F)cc(C(F)(F)F)c2)(c2cc(C(F)(F)F)cc(C(F)(F)F)c2)c2cc(C(F)(F)F)cc(C(F)(F)F)c2)cc(C(F)(F)F)c1. The highest BCUT2D eigenvalue weighted by Gasteiger charge is 2.47. The van der Waals surface area contributed by atoms with Crippen LogP contribution in [-0.2, 0) is 56.0 Å². The van der Waals surface area contributed by atoms with Gasteiger partial charge in [0.05, 0.1) is 44.5 Å². The van der Waals surface area contributed by atoms with Gasteiger partial charge in [-0.2, -0.15) is 132 Å². The number of hydrogen-bond donors (Lipinski definition) is 0. The Morgan fingerprint density at radius 1 is 0.377 bits per heavy atom. The van der Waals surface area contributed by atoms with Crippen LogP contribution >= 0.6 is 0 Å². The van der Waals surface area contributed by atoms with Crippen molar-refractivity contribution in [1.29, 1.82) is 0 Å². The second-order valence-corrected chi connectivity index (χ2v) is 17.9. The van der Waals surface area contributed by atoms with Gasteiger partial charge < -0.3 is 4.74 Å². The Kier molecular flexibility index (Phi) is 16.5. The van der Waals surface area contributed by atoms with Gasteiger partial charge >= 0.3 is 49.4 Å². The largest absolute Gasteiger partial charge is 0.488 e. The van der Waals surface area contributed by atoms with Crippen molar-refractivity contribution in [2.75, 3.05) is 0 Å². The van der Waals surface area contributed by atoms with Crippen LogP contribution in [0.2, 0.25) is 0 Å².